The van der Waals surface area contributed by atoms with Gasteiger partial charge in [-0.15, -0.1) is 13.2 Å². The summed E-state index contributed by atoms with van der Waals surface area (Å²) >= 11 is 0. The number of rotatable bonds is 2. The summed E-state index contributed by atoms with van der Waals surface area (Å²) in [4.78, 5) is -1.55. The molecule has 0 aromatic heterocycles. The van der Waals surface area contributed by atoms with E-state index in [-0.39, 0.29) is 0 Å². The zero-order valence-corrected chi connectivity index (χ0v) is 8.14. The molecule has 0 unspecified atom stereocenters. The van der Waals surface area contributed by atoms with Crippen molar-refractivity contribution in [2.45, 2.75) is 11.3 Å². The Labute approximate surface area is 87.2 Å². The molecular formula is C7H4F4O4S. The first-order chi connectivity index (χ1) is 7.11. The van der Waals surface area contributed by atoms with Gasteiger partial charge in [-0.3, -0.25) is 4.55 Å². The second-order valence-corrected chi connectivity index (χ2v) is 3.95. The minimum Gasteiger partial charge on any atom is -0.404 e. The number of alkyl halides is 3. The van der Waals surface area contributed by atoms with E-state index in [0.717, 1.165) is 6.07 Å². The van der Waals surface area contributed by atoms with Crippen molar-refractivity contribution in [3.05, 3.63) is 24.0 Å². The van der Waals surface area contributed by atoms with Gasteiger partial charge in [-0.25, -0.2) is 4.39 Å². The van der Waals surface area contributed by atoms with E-state index in [1.165, 1.54) is 0 Å². The van der Waals surface area contributed by atoms with Crippen molar-refractivity contribution >= 4 is 10.1 Å². The monoisotopic (exact) mass is 260 g/mol. The number of halogens is 4. The smallest absolute Gasteiger partial charge is 0.404 e. The normalized spacial score (nSPS) is 12.6. The Hall–Kier alpha value is -1.35. The summed E-state index contributed by atoms with van der Waals surface area (Å²) in [5, 5.41) is 0. The Bertz CT molecular complexity index is 494. The Kier molecular flexibility index (Phi) is 3.10. The van der Waals surface area contributed by atoms with Gasteiger partial charge in [-0.2, -0.15) is 8.42 Å². The quantitative estimate of drug-likeness (QED) is 0.652. The highest BCUT2D eigenvalue weighted by Crippen LogP contribution is 2.31. The summed E-state index contributed by atoms with van der Waals surface area (Å²) in [6, 6.07) is 1.96. The van der Waals surface area contributed by atoms with Crippen LogP contribution in [0.15, 0.2) is 23.1 Å². The molecule has 1 N–H and O–H groups in total. The Balaban J connectivity index is 3.36. The second kappa shape index (κ2) is 3.91. The Morgan fingerprint density at radius 1 is 1.25 bits per heavy atom. The SMILES string of the molecule is O=S(=O)(O)c1c(F)cccc1OC(F)(F)F. The van der Waals surface area contributed by atoms with Crippen LogP contribution in [0.25, 0.3) is 0 Å². The van der Waals surface area contributed by atoms with Crippen LogP contribution >= 0.6 is 0 Å². The van der Waals surface area contributed by atoms with E-state index in [0.29, 0.717) is 12.1 Å². The van der Waals surface area contributed by atoms with Gasteiger partial charge in [0.15, 0.2) is 10.6 Å². The summed E-state index contributed by atoms with van der Waals surface area (Å²) in [7, 11) is -5.14. The Morgan fingerprint density at radius 2 is 1.81 bits per heavy atom. The zero-order valence-electron chi connectivity index (χ0n) is 7.32. The molecular weight excluding hydrogens is 256 g/mol. The predicted molar refractivity (Wildman–Crippen MR) is 42.9 cm³/mol. The summed E-state index contributed by atoms with van der Waals surface area (Å²) < 4.78 is 81.4. The van der Waals surface area contributed by atoms with Crippen LogP contribution in [0.4, 0.5) is 17.6 Å². The van der Waals surface area contributed by atoms with Crippen LogP contribution in [0.5, 0.6) is 5.75 Å². The fourth-order valence-corrected chi connectivity index (χ4v) is 1.62. The lowest BCUT2D eigenvalue weighted by atomic mass is 10.3. The largest absolute Gasteiger partial charge is 0.573 e. The molecule has 90 valence electrons. The zero-order chi connectivity index (χ0) is 12.6. The van der Waals surface area contributed by atoms with Crippen LogP contribution in [-0.4, -0.2) is 19.3 Å². The number of hydrogen-bond acceptors (Lipinski definition) is 3. The maximum Gasteiger partial charge on any atom is 0.573 e. The van der Waals surface area contributed by atoms with Gasteiger partial charge in [0, 0.05) is 0 Å². The predicted octanol–water partition coefficient (Wildman–Crippen LogP) is 1.97. The van der Waals surface area contributed by atoms with Crippen LogP contribution in [0.1, 0.15) is 0 Å². The molecule has 0 aliphatic carbocycles. The van der Waals surface area contributed by atoms with Crippen LogP contribution in [-0.2, 0) is 10.1 Å². The molecule has 0 aliphatic rings. The third kappa shape index (κ3) is 3.07. The fourth-order valence-electron chi connectivity index (χ4n) is 0.944. The molecule has 1 aromatic carbocycles. The minimum absolute atomic E-state index is 0.569. The molecule has 0 saturated heterocycles. The summed E-state index contributed by atoms with van der Waals surface area (Å²) in [6.07, 6.45) is -5.19. The first-order valence-electron chi connectivity index (χ1n) is 3.63. The molecule has 4 nitrogen and oxygen atoms in total. The van der Waals surface area contributed by atoms with E-state index >= 15 is 0 Å². The topological polar surface area (TPSA) is 63.6 Å². The standard InChI is InChI=1S/C7H4F4O4S/c8-4-2-1-3-5(15-7(9,10)11)6(4)16(12,13)14/h1-3H,(H,12,13,14). The van der Waals surface area contributed by atoms with E-state index < -0.39 is 32.9 Å². The first kappa shape index (κ1) is 12.7. The number of benzene rings is 1. The van der Waals surface area contributed by atoms with Gasteiger partial charge in [0.25, 0.3) is 0 Å². The molecule has 16 heavy (non-hydrogen) atoms. The van der Waals surface area contributed by atoms with Gasteiger partial charge >= 0.3 is 16.5 Å². The molecule has 1 aromatic rings. The lowest BCUT2D eigenvalue weighted by molar-refractivity contribution is -0.275. The van der Waals surface area contributed by atoms with Crippen molar-refractivity contribution in [1.29, 1.82) is 0 Å². The molecule has 9 heteroatoms. The highest BCUT2D eigenvalue weighted by molar-refractivity contribution is 7.86. The molecule has 0 spiro atoms. The van der Waals surface area contributed by atoms with Crippen LogP contribution < -0.4 is 4.74 Å². The van der Waals surface area contributed by atoms with Crippen molar-refractivity contribution in [2.24, 2.45) is 0 Å². The average Bonchev–Trinajstić information content (AvgIpc) is 1.97. The molecule has 0 bridgehead atoms. The van der Waals surface area contributed by atoms with Crippen LogP contribution in [0, 0.1) is 5.82 Å². The number of hydrogen-bond donors (Lipinski definition) is 1. The van der Waals surface area contributed by atoms with Crippen molar-refractivity contribution in [3.63, 3.8) is 0 Å². The van der Waals surface area contributed by atoms with Crippen molar-refractivity contribution in [3.8, 4) is 5.75 Å². The molecule has 0 radical (unpaired) electrons. The lowest BCUT2D eigenvalue weighted by Gasteiger charge is -2.11. The van der Waals surface area contributed by atoms with Gasteiger partial charge in [0.1, 0.15) is 5.82 Å². The summed E-state index contributed by atoms with van der Waals surface area (Å²) in [5.74, 6) is -2.86. The molecule has 0 fully saturated rings. The Morgan fingerprint density at radius 3 is 2.25 bits per heavy atom. The van der Waals surface area contributed by atoms with Gasteiger partial charge < -0.3 is 4.74 Å². The highest BCUT2D eigenvalue weighted by Gasteiger charge is 2.34. The van der Waals surface area contributed by atoms with Gasteiger partial charge in [0.05, 0.1) is 0 Å². The lowest BCUT2D eigenvalue weighted by Crippen LogP contribution is -2.19. The van der Waals surface area contributed by atoms with Crippen molar-refractivity contribution in [2.75, 3.05) is 0 Å². The van der Waals surface area contributed by atoms with Crippen molar-refractivity contribution < 1.29 is 35.3 Å². The van der Waals surface area contributed by atoms with E-state index in [1.807, 2.05) is 0 Å². The van der Waals surface area contributed by atoms with Gasteiger partial charge in [0.2, 0.25) is 0 Å². The third-order valence-corrected chi connectivity index (χ3v) is 2.33. The first-order valence-corrected chi connectivity index (χ1v) is 5.07. The highest BCUT2D eigenvalue weighted by atomic mass is 32.2. The van der Waals surface area contributed by atoms with Crippen molar-refractivity contribution in [1.82, 2.24) is 0 Å². The van der Waals surface area contributed by atoms with Gasteiger partial charge in [-0.1, -0.05) is 6.07 Å². The average molecular weight is 260 g/mol. The van der Waals surface area contributed by atoms with E-state index in [4.69, 9.17) is 4.55 Å². The maximum atomic E-state index is 12.9. The van der Waals surface area contributed by atoms with E-state index in [2.05, 4.69) is 4.74 Å². The molecule has 1 rings (SSSR count). The van der Waals surface area contributed by atoms with Crippen LogP contribution in [0.3, 0.4) is 0 Å². The molecule has 0 saturated carbocycles. The molecule has 0 atom stereocenters. The molecule has 0 heterocycles. The summed E-state index contributed by atoms with van der Waals surface area (Å²) in [6.45, 7) is 0. The minimum atomic E-state index is -5.19. The third-order valence-electron chi connectivity index (χ3n) is 1.41. The van der Waals surface area contributed by atoms with Gasteiger partial charge in [-0.05, 0) is 12.1 Å². The molecule has 0 aliphatic heterocycles. The van der Waals surface area contributed by atoms with E-state index in [1.54, 1.807) is 0 Å². The second-order valence-electron chi connectivity index (χ2n) is 2.59. The number of ether oxygens (including phenoxy) is 1. The van der Waals surface area contributed by atoms with E-state index in [9.17, 15) is 26.0 Å². The molecule has 0 amide bonds. The summed E-state index contributed by atoms with van der Waals surface area (Å²) in [5.41, 5.74) is 0. The van der Waals surface area contributed by atoms with Crippen LogP contribution in [0.2, 0.25) is 0 Å². The maximum absolute atomic E-state index is 12.9. The fraction of sp³-hybridized carbons (Fsp3) is 0.143.